The molecule has 0 atom stereocenters. The Hall–Kier alpha value is -2.89. The summed E-state index contributed by atoms with van der Waals surface area (Å²) >= 11 is 0. The summed E-state index contributed by atoms with van der Waals surface area (Å²) in [5.74, 6) is -0.470. The molecule has 2 aromatic rings. The number of amides is 1. The third kappa shape index (κ3) is 3.36. The Labute approximate surface area is 121 Å². The summed E-state index contributed by atoms with van der Waals surface area (Å²) in [6.07, 6.45) is 0. The number of para-hydroxylation sites is 1. The highest BCUT2D eigenvalue weighted by Gasteiger charge is 2.23. The van der Waals surface area contributed by atoms with Gasteiger partial charge < -0.3 is 10.6 Å². The van der Waals surface area contributed by atoms with E-state index in [0.717, 1.165) is 5.56 Å². The summed E-state index contributed by atoms with van der Waals surface area (Å²) in [4.78, 5) is 22.8. The van der Waals surface area contributed by atoms with Crippen molar-refractivity contribution in [2.75, 3.05) is 12.4 Å². The molecule has 1 amide bonds. The van der Waals surface area contributed by atoms with Crippen molar-refractivity contribution in [1.29, 1.82) is 0 Å². The SMILES string of the molecule is CNc1cccc(C(=O)NCc2ccccc2)c1[N+](=O)[O-]. The van der Waals surface area contributed by atoms with Crippen molar-refractivity contribution in [3.63, 3.8) is 0 Å². The van der Waals surface area contributed by atoms with Crippen molar-refractivity contribution in [2.24, 2.45) is 0 Å². The van der Waals surface area contributed by atoms with Crippen LogP contribution in [0.5, 0.6) is 0 Å². The predicted octanol–water partition coefficient (Wildman–Crippen LogP) is 2.57. The summed E-state index contributed by atoms with van der Waals surface area (Å²) in [6.45, 7) is 0.320. The number of carbonyl (C=O) groups is 1. The molecule has 0 heterocycles. The minimum Gasteiger partial charge on any atom is -0.383 e. The second-order valence-electron chi connectivity index (χ2n) is 4.38. The highest BCUT2D eigenvalue weighted by atomic mass is 16.6. The van der Waals surface area contributed by atoms with Crippen molar-refractivity contribution in [1.82, 2.24) is 5.32 Å². The van der Waals surface area contributed by atoms with Crippen LogP contribution in [-0.2, 0) is 6.54 Å². The molecule has 0 aliphatic heterocycles. The Balaban J connectivity index is 2.21. The molecule has 2 rings (SSSR count). The molecule has 0 aromatic heterocycles. The van der Waals surface area contributed by atoms with Gasteiger partial charge in [0.05, 0.1) is 4.92 Å². The van der Waals surface area contributed by atoms with E-state index in [0.29, 0.717) is 12.2 Å². The van der Waals surface area contributed by atoms with E-state index in [-0.39, 0.29) is 11.3 Å². The zero-order valence-electron chi connectivity index (χ0n) is 11.5. The van der Waals surface area contributed by atoms with Gasteiger partial charge in [-0.2, -0.15) is 0 Å². The summed E-state index contributed by atoms with van der Waals surface area (Å²) in [7, 11) is 1.58. The van der Waals surface area contributed by atoms with Crippen molar-refractivity contribution in [2.45, 2.75) is 6.54 Å². The van der Waals surface area contributed by atoms with Crippen LogP contribution in [0.4, 0.5) is 11.4 Å². The van der Waals surface area contributed by atoms with Crippen LogP contribution >= 0.6 is 0 Å². The van der Waals surface area contributed by atoms with Crippen LogP contribution in [0, 0.1) is 10.1 Å². The van der Waals surface area contributed by atoms with Gasteiger partial charge in [0, 0.05) is 13.6 Å². The van der Waals surface area contributed by atoms with Crippen LogP contribution < -0.4 is 10.6 Å². The summed E-state index contributed by atoms with van der Waals surface area (Å²) in [5.41, 5.74) is 1.07. The molecule has 0 bridgehead atoms. The minimum absolute atomic E-state index is 0.0442. The molecule has 0 radical (unpaired) electrons. The average molecular weight is 285 g/mol. The Morgan fingerprint density at radius 1 is 1.14 bits per heavy atom. The van der Waals surface area contributed by atoms with Crippen molar-refractivity contribution >= 4 is 17.3 Å². The van der Waals surface area contributed by atoms with E-state index in [4.69, 9.17) is 0 Å². The van der Waals surface area contributed by atoms with Gasteiger partial charge in [-0.25, -0.2) is 0 Å². The zero-order chi connectivity index (χ0) is 15.2. The number of nitrogens with one attached hydrogen (secondary N) is 2. The third-order valence-electron chi connectivity index (χ3n) is 3.03. The maximum atomic E-state index is 12.2. The van der Waals surface area contributed by atoms with Gasteiger partial charge in [0.15, 0.2) is 0 Å². The lowest BCUT2D eigenvalue weighted by Crippen LogP contribution is -2.24. The van der Waals surface area contributed by atoms with Crippen LogP contribution in [0.2, 0.25) is 0 Å². The quantitative estimate of drug-likeness (QED) is 0.653. The Morgan fingerprint density at radius 2 is 1.86 bits per heavy atom. The number of nitrogens with zero attached hydrogens (tertiary/aromatic N) is 1. The van der Waals surface area contributed by atoms with Gasteiger partial charge in [0.2, 0.25) is 0 Å². The maximum absolute atomic E-state index is 12.2. The van der Waals surface area contributed by atoms with Crippen LogP contribution in [0.15, 0.2) is 48.5 Å². The molecule has 2 N–H and O–H groups in total. The van der Waals surface area contributed by atoms with Gasteiger partial charge in [-0.1, -0.05) is 36.4 Å². The van der Waals surface area contributed by atoms with Crippen molar-refractivity contribution < 1.29 is 9.72 Å². The molecule has 21 heavy (non-hydrogen) atoms. The second kappa shape index (κ2) is 6.51. The highest BCUT2D eigenvalue weighted by molar-refractivity contribution is 6.00. The largest absolute Gasteiger partial charge is 0.383 e. The first kappa shape index (κ1) is 14.5. The van der Waals surface area contributed by atoms with Gasteiger partial charge >= 0.3 is 5.69 Å². The fraction of sp³-hybridized carbons (Fsp3) is 0.133. The number of benzene rings is 2. The molecule has 2 aromatic carbocycles. The number of nitro groups is 1. The first-order valence-electron chi connectivity index (χ1n) is 6.40. The predicted molar refractivity (Wildman–Crippen MR) is 80.3 cm³/mol. The van der Waals surface area contributed by atoms with Gasteiger partial charge in [0.1, 0.15) is 11.3 Å². The lowest BCUT2D eigenvalue weighted by molar-refractivity contribution is -0.384. The van der Waals surface area contributed by atoms with Crippen LogP contribution in [0.25, 0.3) is 0 Å². The minimum atomic E-state index is -0.552. The fourth-order valence-electron chi connectivity index (χ4n) is 2.00. The monoisotopic (exact) mass is 285 g/mol. The van der Waals surface area contributed by atoms with Crippen LogP contribution in [0.1, 0.15) is 15.9 Å². The molecule has 108 valence electrons. The number of carbonyl (C=O) groups excluding carboxylic acids is 1. The summed E-state index contributed by atoms with van der Waals surface area (Å²) < 4.78 is 0. The van der Waals surface area contributed by atoms with E-state index in [1.807, 2.05) is 30.3 Å². The molecule has 0 aliphatic carbocycles. The van der Waals surface area contributed by atoms with E-state index in [1.54, 1.807) is 19.2 Å². The Bertz CT molecular complexity index is 656. The first-order valence-corrected chi connectivity index (χ1v) is 6.40. The summed E-state index contributed by atoms with van der Waals surface area (Å²) in [6, 6.07) is 14.0. The summed E-state index contributed by atoms with van der Waals surface area (Å²) in [5, 5.41) is 16.6. The maximum Gasteiger partial charge on any atom is 0.305 e. The Morgan fingerprint density at radius 3 is 2.48 bits per heavy atom. The van der Waals surface area contributed by atoms with E-state index < -0.39 is 10.8 Å². The number of hydrogen-bond acceptors (Lipinski definition) is 4. The smallest absolute Gasteiger partial charge is 0.305 e. The lowest BCUT2D eigenvalue weighted by atomic mass is 10.1. The van der Waals surface area contributed by atoms with E-state index >= 15 is 0 Å². The fourth-order valence-corrected chi connectivity index (χ4v) is 2.00. The first-order chi connectivity index (χ1) is 10.1. The van der Waals surface area contributed by atoms with Gasteiger partial charge in [-0.3, -0.25) is 14.9 Å². The van der Waals surface area contributed by atoms with Gasteiger partial charge in [-0.15, -0.1) is 0 Å². The molecule has 0 aliphatic rings. The number of rotatable bonds is 5. The highest BCUT2D eigenvalue weighted by Crippen LogP contribution is 2.28. The lowest BCUT2D eigenvalue weighted by Gasteiger charge is -2.08. The standard InChI is InChI=1S/C15H15N3O3/c1-16-13-9-5-8-12(14(13)18(20)21)15(19)17-10-11-6-3-2-4-7-11/h2-9,16H,10H2,1H3,(H,17,19). The van der Waals surface area contributed by atoms with Crippen LogP contribution in [0.3, 0.4) is 0 Å². The number of nitro benzene ring substituents is 1. The molecule has 6 nitrogen and oxygen atoms in total. The Kier molecular flexibility index (Phi) is 4.50. The van der Waals surface area contributed by atoms with E-state index in [2.05, 4.69) is 10.6 Å². The molecule has 0 saturated carbocycles. The van der Waals surface area contributed by atoms with Gasteiger partial charge in [0.25, 0.3) is 5.91 Å². The molecular formula is C15H15N3O3. The molecule has 0 fully saturated rings. The van der Waals surface area contributed by atoms with Crippen LogP contribution in [-0.4, -0.2) is 17.9 Å². The third-order valence-corrected chi connectivity index (χ3v) is 3.03. The zero-order valence-corrected chi connectivity index (χ0v) is 11.5. The number of hydrogen-bond donors (Lipinski definition) is 2. The van der Waals surface area contributed by atoms with E-state index in [1.165, 1.54) is 6.07 Å². The van der Waals surface area contributed by atoms with Crippen molar-refractivity contribution in [3.05, 3.63) is 69.8 Å². The molecule has 6 heteroatoms. The second-order valence-corrected chi connectivity index (χ2v) is 4.38. The molecule has 0 spiro atoms. The average Bonchev–Trinajstić information content (AvgIpc) is 2.52. The number of anilines is 1. The van der Waals surface area contributed by atoms with Crippen molar-refractivity contribution in [3.8, 4) is 0 Å². The molecule has 0 unspecified atom stereocenters. The van der Waals surface area contributed by atoms with Gasteiger partial charge in [-0.05, 0) is 17.7 Å². The topological polar surface area (TPSA) is 84.3 Å². The molecular weight excluding hydrogens is 270 g/mol. The molecule has 0 saturated heterocycles. The normalized spacial score (nSPS) is 9.95. The van der Waals surface area contributed by atoms with E-state index in [9.17, 15) is 14.9 Å².